The third-order valence-corrected chi connectivity index (χ3v) is 4.11. The molecule has 4 nitrogen and oxygen atoms in total. The van der Waals surface area contributed by atoms with E-state index in [0.29, 0.717) is 23.4 Å². The summed E-state index contributed by atoms with van der Waals surface area (Å²) in [7, 11) is 1.53. The summed E-state index contributed by atoms with van der Waals surface area (Å²) >= 11 is 3.46. The van der Waals surface area contributed by atoms with E-state index in [1.54, 1.807) is 13.1 Å². The summed E-state index contributed by atoms with van der Waals surface area (Å²) in [4.78, 5) is 16.8. The summed E-state index contributed by atoms with van der Waals surface area (Å²) in [6, 6.07) is 13.6. The number of hydrogen-bond acceptors (Lipinski definition) is 4. The number of hydrogen-bond donors (Lipinski definition) is 0. The van der Waals surface area contributed by atoms with E-state index >= 15 is 0 Å². The number of carbonyl (C=O) groups is 1. The normalized spacial score (nSPS) is 10.6. The Morgan fingerprint density at radius 1 is 1.21 bits per heavy atom. The summed E-state index contributed by atoms with van der Waals surface area (Å²) in [6.07, 6.45) is 1.69. The third kappa shape index (κ3) is 2.99. The van der Waals surface area contributed by atoms with Crippen LogP contribution in [0.3, 0.4) is 0 Å². The molecule has 24 heavy (non-hydrogen) atoms. The highest BCUT2D eigenvalue weighted by Crippen LogP contribution is 2.37. The Morgan fingerprint density at radius 2 is 1.96 bits per heavy atom. The van der Waals surface area contributed by atoms with Crippen molar-refractivity contribution in [3.8, 4) is 16.9 Å². The molecule has 0 bridgehead atoms. The average Bonchev–Trinajstić information content (AvgIpc) is 2.61. The van der Waals surface area contributed by atoms with E-state index in [9.17, 15) is 4.79 Å². The molecular formula is C19H16BrNO3. The molecule has 0 radical (unpaired) electrons. The van der Waals surface area contributed by atoms with E-state index in [-0.39, 0.29) is 0 Å². The molecule has 2 aromatic carbocycles. The maximum absolute atomic E-state index is 12.4. The minimum Gasteiger partial charge on any atom is -0.494 e. The molecule has 0 N–H and O–H groups in total. The van der Waals surface area contributed by atoms with Gasteiger partial charge in [-0.25, -0.2) is 4.79 Å². The van der Waals surface area contributed by atoms with Gasteiger partial charge in [0.15, 0.2) is 5.75 Å². The molecule has 0 spiro atoms. The topological polar surface area (TPSA) is 48.4 Å². The first kappa shape index (κ1) is 16.5. The van der Waals surface area contributed by atoms with E-state index in [1.165, 1.54) is 7.11 Å². The van der Waals surface area contributed by atoms with E-state index in [1.807, 2.05) is 42.5 Å². The number of methoxy groups -OCH3 is 1. The lowest BCUT2D eigenvalue weighted by atomic mass is 9.97. The number of esters is 1. The molecule has 0 amide bonds. The van der Waals surface area contributed by atoms with Crippen LogP contribution in [0.1, 0.15) is 17.3 Å². The number of halogens is 1. The van der Waals surface area contributed by atoms with Crippen LogP contribution in [0, 0.1) is 0 Å². The van der Waals surface area contributed by atoms with Crippen LogP contribution in [-0.2, 0) is 4.74 Å². The fourth-order valence-electron chi connectivity index (χ4n) is 2.66. The van der Waals surface area contributed by atoms with E-state index in [2.05, 4.69) is 20.9 Å². The lowest BCUT2D eigenvalue weighted by molar-refractivity contribution is 0.0523. The molecule has 0 unspecified atom stereocenters. The van der Waals surface area contributed by atoms with Crippen LogP contribution in [0.15, 0.2) is 53.1 Å². The van der Waals surface area contributed by atoms with Crippen LogP contribution in [0.25, 0.3) is 22.0 Å². The molecular weight excluding hydrogens is 370 g/mol. The van der Waals surface area contributed by atoms with Crippen LogP contribution in [0.2, 0.25) is 0 Å². The number of ether oxygens (including phenoxy) is 2. The first-order valence-corrected chi connectivity index (χ1v) is 8.33. The predicted octanol–water partition coefficient (Wildman–Crippen LogP) is 4.85. The second-order valence-electron chi connectivity index (χ2n) is 5.14. The van der Waals surface area contributed by atoms with Crippen molar-refractivity contribution in [2.45, 2.75) is 6.92 Å². The molecule has 0 saturated heterocycles. The zero-order valence-electron chi connectivity index (χ0n) is 13.4. The van der Waals surface area contributed by atoms with Crippen LogP contribution in [0.4, 0.5) is 0 Å². The summed E-state index contributed by atoms with van der Waals surface area (Å²) in [6.45, 7) is 2.08. The lowest BCUT2D eigenvalue weighted by Crippen LogP contribution is -2.08. The lowest BCUT2D eigenvalue weighted by Gasteiger charge is -2.15. The highest BCUT2D eigenvalue weighted by molar-refractivity contribution is 9.10. The van der Waals surface area contributed by atoms with Crippen LogP contribution in [-0.4, -0.2) is 24.7 Å². The predicted molar refractivity (Wildman–Crippen MR) is 97.4 cm³/mol. The minimum atomic E-state index is -0.418. The number of carbonyl (C=O) groups excluding carboxylic acids is 1. The average molecular weight is 386 g/mol. The van der Waals surface area contributed by atoms with Gasteiger partial charge in [0.05, 0.1) is 13.7 Å². The second-order valence-corrected chi connectivity index (χ2v) is 6.06. The maximum Gasteiger partial charge on any atom is 0.342 e. The van der Waals surface area contributed by atoms with Crippen molar-refractivity contribution >= 4 is 32.8 Å². The van der Waals surface area contributed by atoms with Gasteiger partial charge < -0.3 is 9.47 Å². The Kier molecular flexibility index (Phi) is 4.81. The Bertz CT molecular complexity index is 894. The van der Waals surface area contributed by atoms with Gasteiger partial charge in [0.25, 0.3) is 0 Å². The molecule has 3 rings (SSSR count). The number of nitrogens with zero attached hydrogens (tertiary/aromatic N) is 1. The Balaban J connectivity index is 2.37. The van der Waals surface area contributed by atoms with E-state index < -0.39 is 5.97 Å². The standard InChI is InChI=1S/C19H16BrNO3/c1-3-24-19(22)16-10-14(12-7-5-4-6-8-12)15-9-13(20)11-21-17(15)18(16)23-2/h4-11H,3H2,1-2H3. The molecule has 122 valence electrons. The Hall–Kier alpha value is -2.40. The van der Waals surface area contributed by atoms with Crippen molar-refractivity contribution in [2.24, 2.45) is 0 Å². The second kappa shape index (κ2) is 7.01. The quantitative estimate of drug-likeness (QED) is 0.602. The highest BCUT2D eigenvalue weighted by Gasteiger charge is 2.21. The monoisotopic (exact) mass is 385 g/mol. The number of benzene rings is 2. The number of rotatable bonds is 4. The van der Waals surface area contributed by atoms with Gasteiger partial charge in [-0.05, 0) is 46.1 Å². The van der Waals surface area contributed by atoms with E-state index in [4.69, 9.17) is 9.47 Å². The SMILES string of the molecule is CCOC(=O)c1cc(-c2ccccc2)c2cc(Br)cnc2c1OC. The van der Waals surface area contributed by atoms with Crippen LogP contribution < -0.4 is 4.74 Å². The van der Waals surface area contributed by atoms with Crippen LogP contribution in [0.5, 0.6) is 5.75 Å². The van der Waals surface area contributed by atoms with Gasteiger partial charge >= 0.3 is 5.97 Å². The molecule has 1 aromatic heterocycles. The van der Waals surface area contributed by atoms with Crippen LogP contribution >= 0.6 is 15.9 Å². The van der Waals surface area contributed by atoms with Crippen molar-refractivity contribution < 1.29 is 14.3 Å². The Morgan fingerprint density at radius 3 is 2.62 bits per heavy atom. The molecule has 3 aromatic rings. The first-order chi connectivity index (χ1) is 11.7. The summed E-state index contributed by atoms with van der Waals surface area (Å²) < 4.78 is 11.5. The molecule has 0 atom stereocenters. The number of fused-ring (bicyclic) bond motifs is 1. The van der Waals surface area contributed by atoms with Gasteiger partial charge in [-0.3, -0.25) is 4.98 Å². The van der Waals surface area contributed by atoms with Crippen molar-refractivity contribution in [1.82, 2.24) is 4.98 Å². The zero-order valence-corrected chi connectivity index (χ0v) is 15.0. The fraction of sp³-hybridized carbons (Fsp3) is 0.158. The minimum absolute atomic E-state index is 0.300. The maximum atomic E-state index is 12.4. The van der Waals surface area contributed by atoms with Crippen molar-refractivity contribution in [3.63, 3.8) is 0 Å². The smallest absolute Gasteiger partial charge is 0.342 e. The number of aromatic nitrogens is 1. The Labute approximate surface area is 148 Å². The largest absolute Gasteiger partial charge is 0.494 e. The fourth-order valence-corrected chi connectivity index (χ4v) is 3.00. The molecule has 5 heteroatoms. The van der Waals surface area contributed by atoms with Gasteiger partial charge in [-0.2, -0.15) is 0 Å². The summed E-state index contributed by atoms with van der Waals surface area (Å²) in [5.74, 6) is 0.00813. The van der Waals surface area contributed by atoms with Crippen molar-refractivity contribution in [3.05, 3.63) is 58.7 Å². The summed E-state index contributed by atoms with van der Waals surface area (Å²) in [5.41, 5.74) is 2.91. The molecule has 0 saturated carbocycles. The number of pyridine rings is 1. The van der Waals surface area contributed by atoms with Crippen molar-refractivity contribution in [2.75, 3.05) is 13.7 Å². The third-order valence-electron chi connectivity index (χ3n) is 3.68. The van der Waals surface area contributed by atoms with Gasteiger partial charge in [-0.1, -0.05) is 30.3 Å². The van der Waals surface area contributed by atoms with Gasteiger partial charge in [0.2, 0.25) is 0 Å². The molecule has 1 heterocycles. The molecule has 0 fully saturated rings. The molecule has 0 aliphatic rings. The molecule has 0 aliphatic heterocycles. The zero-order chi connectivity index (χ0) is 17.1. The van der Waals surface area contributed by atoms with Gasteiger partial charge in [0, 0.05) is 16.1 Å². The van der Waals surface area contributed by atoms with Gasteiger partial charge in [0.1, 0.15) is 11.1 Å². The molecule has 0 aliphatic carbocycles. The van der Waals surface area contributed by atoms with Crippen molar-refractivity contribution in [1.29, 1.82) is 0 Å². The van der Waals surface area contributed by atoms with E-state index in [0.717, 1.165) is 21.0 Å². The first-order valence-electron chi connectivity index (χ1n) is 7.54. The summed E-state index contributed by atoms with van der Waals surface area (Å²) in [5, 5.41) is 0.903. The highest BCUT2D eigenvalue weighted by atomic mass is 79.9. The van der Waals surface area contributed by atoms with Gasteiger partial charge in [-0.15, -0.1) is 0 Å².